The molecule has 0 saturated carbocycles. The first kappa shape index (κ1) is 19.3. The Labute approximate surface area is 172 Å². The molecule has 1 spiro atoms. The summed E-state index contributed by atoms with van der Waals surface area (Å²) in [7, 11) is 0. The molecule has 8 heteroatoms. The Kier molecular flexibility index (Phi) is 4.96. The Balaban J connectivity index is 1.49. The van der Waals surface area contributed by atoms with Crippen LogP contribution in [0.3, 0.4) is 0 Å². The van der Waals surface area contributed by atoms with Gasteiger partial charge in [-0.15, -0.1) is 11.3 Å². The van der Waals surface area contributed by atoms with Crippen LogP contribution in [0.4, 0.5) is 4.79 Å². The van der Waals surface area contributed by atoms with Crippen LogP contribution in [0.25, 0.3) is 0 Å². The lowest BCUT2D eigenvalue weighted by Crippen LogP contribution is -2.46. The van der Waals surface area contributed by atoms with Gasteiger partial charge >= 0.3 is 6.03 Å². The fraction of sp³-hybridized carbons (Fsp3) is 0.333. The molecule has 1 saturated heterocycles. The van der Waals surface area contributed by atoms with Gasteiger partial charge in [0.05, 0.1) is 6.54 Å². The number of nitrogens with zero attached hydrogens (tertiary/aromatic N) is 1. The molecule has 2 aromatic rings. The van der Waals surface area contributed by atoms with E-state index in [2.05, 4.69) is 10.6 Å². The van der Waals surface area contributed by atoms with Gasteiger partial charge in [-0.25, -0.2) is 4.79 Å². The zero-order valence-corrected chi connectivity index (χ0v) is 16.8. The topological polar surface area (TPSA) is 95.6 Å². The molecule has 2 aliphatic rings. The van der Waals surface area contributed by atoms with E-state index < -0.39 is 11.6 Å². The molecule has 4 rings (SSSR count). The van der Waals surface area contributed by atoms with Crippen molar-refractivity contribution in [3.8, 4) is 0 Å². The molecule has 0 radical (unpaired) electrons. The molecule has 4 amide bonds. The van der Waals surface area contributed by atoms with Gasteiger partial charge in [0.2, 0.25) is 5.91 Å². The molecule has 2 heterocycles. The number of hydrogen-bond acceptors (Lipinski definition) is 5. The first-order valence-electron chi connectivity index (χ1n) is 9.48. The summed E-state index contributed by atoms with van der Waals surface area (Å²) in [5.74, 6) is -0.787. The normalized spacial score (nSPS) is 20.5. The Bertz CT molecular complexity index is 998. The molecule has 29 heavy (non-hydrogen) atoms. The second kappa shape index (κ2) is 7.44. The number of carbonyl (C=O) groups excluding carboxylic acids is 4. The molecular weight excluding hydrogens is 390 g/mol. The summed E-state index contributed by atoms with van der Waals surface area (Å²) in [5, 5.41) is 7.49. The number of benzene rings is 1. The molecule has 1 aliphatic heterocycles. The smallest absolute Gasteiger partial charge is 0.325 e. The van der Waals surface area contributed by atoms with E-state index in [4.69, 9.17) is 0 Å². The molecule has 0 unspecified atom stereocenters. The SMILES string of the molecule is CC(=O)NCc1ccc(C(=O)CN2C(=O)N[C@]3(CCCc4sccc43)C2=O)cc1. The third-order valence-corrected chi connectivity index (χ3v) is 6.44. The van der Waals surface area contributed by atoms with Crippen molar-refractivity contribution in [1.29, 1.82) is 0 Å². The largest absolute Gasteiger partial charge is 0.352 e. The summed E-state index contributed by atoms with van der Waals surface area (Å²) in [6, 6.07) is 8.15. The number of ketones is 1. The Morgan fingerprint density at radius 1 is 1.21 bits per heavy atom. The van der Waals surface area contributed by atoms with Crippen LogP contribution in [0.2, 0.25) is 0 Å². The van der Waals surface area contributed by atoms with Crippen molar-refractivity contribution in [3.05, 3.63) is 57.3 Å². The zero-order chi connectivity index (χ0) is 20.6. The molecule has 7 nitrogen and oxygen atoms in total. The number of carbonyl (C=O) groups is 4. The van der Waals surface area contributed by atoms with Gasteiger partial charge < -0.3 is 10.6 Å². The van der Waals surface area contributed by atoms with Gasteiger partial charge in [-0.05, 0) is 36.3 Å². The Morgan fingerprint density at radius 2 is 1.97 bits per heavy atom. The third-order valence-electron chi connectivity index (χ3n) is 5.46. The number of aryl methyl sites for hydroxylation is 1. The highest BCUT2D eigenvalue weighted by Crippen LogP contribution is 2.42. The van der Waals surface area contributed by atoms with E-state index in [0.29, 0.717) is 18.5 Å². The van der Waals surface area contributed by atoms with E-state index in [1.807, 2.05) is 11.4 Å². The zero-order valence-electron chi connectivity index (χ0n) is 16.0. The van der Waals surface area contributed by atoms with Gasteiger partial charge in [0, 0.05) is 29.5 Å². The fourth-order valence-corrected chi connectivity index (χ4v) is 4.95. The maximum Gasteiger partial charge on any atom is 0.325 e. The monoisotopic (exact) mass is 411 g/mol. The summed E-state index contributed by atoms with van der Waals surface area (Å²) < 4.78 is 0. The van der Waals surface area contributed by atoms with Crippen LogP contribution in [0.5, 0.6) is 0 Å². The fourth-order valence-electron chi connectivity index (χ4n) is 3.95. The van der Waals surface area contributed by atoms with Crippen molar-refractivity contribution in [2.24, 2.45) is 0 Å². The van der Waals surface area contributed by atoms with E-state index in [1.165, 1.54) is 6.92 Å². The highest BCUT2D eigenvalue weighted by Gasteiger charge is 2.54. The van der Waals surface area contributed by atoms with Crippen molar-refractivity contribution in [2.75, 3.05) is 6.54 Å². The van der Waals surface area contributed by atoms with Crippen LogP contribution in [0.15, 0.2) is 35.7 Å². The van der Waals surface area contributed by atoms with Crippen molar-refractivity contribution in [3.63, 3.8) is 0 Å². The van der Waals surface area contributed by atoms with Gasteiger partial charge in [0.15, 0.2) is 5.78 Å². The van der Waals surface area contributed by atoms with E-state index in [0.717, 1.165) is 33.7 Å². The number of Topliss-reactive ketones (excluding diaryl/α,β-unsaturated/α-hetero) is 1. The van der Waals surface area contributed by atoms with Crippen molar-refractivity contribution >= 4 is 35.0 Å². The summed E-state index contributed by atoms with van der Waals surface area (Å²) in [6.45, 7) is 1.52. The standard InChI is InChI=1S/C21H21N3O4S/c1-13(25)22-11-14-4-6-15(7-5-14)17(26)12-24-19(27)21(23-20(24)28)9-2-3-18-16(21)8-10-29-18/h4-8,10H,2-3,9,11-12H2,1H3,(H,22,25)(H,23,28)/t21-/m0/s1. The Hall–Kier alpha value is -3.00. The summed E-state index contributed by atoms with van der Waals surface area (Å²) in [6.07, 6.45) is 2.27. The number of imide groups is 1. The van der Waals surface area contributed by atoms with E-state index in [1.54, 1.807) is 35.6 Å². The van der Waals surface area contributed by atoms with Crippen molar-refractivity contribution < 1.29 is 19.2 Å². The van der Waals surface area contributed by atoms with Gasteiger partial charge in [0.25, 0.3) is 5.91 Å². The van der Waals surface area contributed by atoms with E-state index in [9.17, 15) is 19.2 Å². The van der Waals surface area contributed by atoms with Gasteiger partial charge in [-0.1, -0.05) is 24.3 Å². The first-order chi connectivity index (χ1) is 13.9. The summed E-state index contributed by atoms with van der Waals surface area (Å²) in [4.78, 5) is 51.6. The number of nitrogens with one attached hydrogen (secondary N) is 2. The number of thiophene rings is 1. The maximum absolute atomic E-state index is 13.2. The lowest BCUT2D eigenvalue weighted by atomic mass is 9.80. The second-order valence-corrected chi connectivity index (χ2v) is 8.37. The van der Waals surface area contributed by atoms with Gasteiger partial charge in [-0.2, -0.15) is 0 Å². The van der Waals surface area contributed by atoms with Crippen LogP contribution in [-0.2, 0) is 28.1 Å². The quantitative estimate of drug-likeness (QED) is 0.583. The number of hydrogen-bond donors (Lipinski definition) is 2. The minimum absolute atomic E-state index is 0.130. The molecule has 1 aromatic heterocycles. The van der Waals surface area contributed by atoms with Crippen LogP contribution < -0.4 is 10.6 Å². The van der Waals surface area contributed by atoms with Crippen LogP contribution in [0, 0.1) is 0 Å². The number of rotatable bonds is 5. The summed E-state index contributed by atoms with van der Waals surface area (Å²) in [5.41, 5.74) is 1.10. The number of amides is 4. The minimum atomic E-state index is -1.03. The average molecular weight is 411 g/mol. The lowest BCUT2D eigenvalue weighted by molar-refractivity contribution is -0.131. The number of urea groups is 1. The minimum Gasteiger partial charge on any atom is -0.352 e. The molecular formula is C21H21N3O4S. The van der Waals surface area contributed by atoms with E-state index >= 15 is 0 Å². The molecule has 1 aliphatic carbocycles. The van der Waals surface area contributed by atoms with Crippen LogP contribution in [-0.4, -0.2) is 35.1 Å². The Morgan fingerprint density at radius 3 is 2.69 bits per heavy atom. The van der Waals surface area contributed by atoms with Crippen LogP contribution in [0.1, 0.15) is 46.1 Å². The van der Waals surface area contributed by atoms with E-state index in [-0.39, 0.29) is 24.1 Å². The van der Waals surface area contributed by atoms with Gasteiger partial charge in [-0.3, -0.25) is 19.3 Å². The second-order valence-electron chi connectivity index (χ2n) is 7.37. The van der Waals surface area contributed by atoms with Gasteiger partial charge in [0.1, 0.15) is 5.54 Å². The maximum atomic E-state index is 13.2. The first-order valence-corrected chi connectivity index (χ1v) is 10.4. The molecule has 150 valence electrons. The van der Waals surface area contributed by atoms with Crippen molar-refractivity contribution in [1.82, 2.24) is 15.5 Å². The van der Waals surface area contributed by atoms with Crippen molar-refractivity contribution in [2.45, 2.75) is 38.3 Å². The molecule has 0 bridgehead atoms. The lowest BCUT2D eigenvalue weighted by Gasteiger charge is -2.31. The summed E-state index contributed by atoms with van der Waals surface area (Å²) >= 11 is 1.59. The average Bonchev–Trinajstić information content (AvgIpc) is 3.27. The molecule has 1 atom stereocenters. The molecule has 1 fully saturated rings. The predicted octanol–water partition coefficient (Wildman–Crippen LogP) is 2.35. The number of fused-ring (bicyclic) bond motifs is 2. The predicted molar refractivity (Wildman–Crippen MR) is 107 cm³/mol. The third kappa shape index (κ3) is 3.44. The highest BCUT2D eigenvalue weighted by molar-refractivity contribution is 7.10. The van der Waals surface area contributed by atoms with Crippen LogP contribution >= 0.6 is 11.3 Å². The highest BCUT2D eigenvalue weighted by atomic mass is 32.1. The molecule has 1 aromatic carbocycles. The molecule has 2 N–H and O–H groups in total.